The van der Waals surface area contributed by atoms with Gasteiger partial charge in [0.1, 0.15) is 5.82 Å². The summed E-state index contributed by atoms with van der Waals surface area (Å²) in [5.41, 5.74) is 5.50. The van der Waals surface area contributed by atoms with E-state index < -0.39 is 0 Å². The van der Waals surface area contributed by atoms with Gasteiger partial charge in [-0.1, -0.05) is 30.3 Å². The van der Waals surface area contributed by atoms with Crippen LogP contribution >= 0.6 is 0 Å². The molecular weight excluding hydrogens is 442 g/mol. The number of hydrogen-bond acceptors (Lipinski definition) is 5. The number of aryl methyl sites for hydroxylation is 2. The zero-order chi connectivity index (χ0) is 24.6. The minimum Gasteiger partial charge on any atom is -0.385 e. The molecule has 3 aromatic rings. The van der Waals surface area contributed by atoms with Crippen LogP contribution in [0.5, 0.6) is 0 Å². The van der Waals surface area contributed by atoms with Crippen LogP contribution in [0.1, 0.15) is 24.0 Å². The lowest BCUT2D eigenvalue weighted by Gasteiger charge is -2.16. The number of carbonyl (C=O) groups is 2. The highest BCUT2D eigenvalue weighted by atomic mass is 16.5. The number of fused-ring (bicyclic) bond motifs is 1. The number of benzene rings is 2. The van der Waals surface area contributed by atoms with E-state index in [1.54, 1.807) is 23.7 Å². The fourth-order valence-corrected chi connectivity index (χ4v) is 4.34. The van der Waals surface area contributed by atoms with Gasteiger partial charge in [0.25, 0.3) is 0 Å². The number of anilines is 1. The maximum absolute atomic E-state index is 12.8. The van der Waals surface area contributed by atoms with Gasteiger partial charge in [-0.2, -0.15) is 5.10 Å². The van der Waals surface area contributed by atoms with Crippen LogP contribution in [0, 0.1) is 0 Å². The predicted molar refractivity (Wildman–Crippen MR) is 137 cm³/mol. The van der Waals surface area contributed by atoms with Crippen molar-refractivity contribution in [2.75, 3.05) is 45.7 Å². The number of nitrogens with zero attached hydrogens (tertiary/aromatic N) is 3. The monoisotopic (exact) mass is 475 g/mol. The quantitative estimate of drug-likeness (QED) is 0.416. The van der Waals surface area contributed by atoms with Gasteiger partial charge in [-0.25, -0.2) is 4.68 Å². The minimum absolute atomic E-state index is 0.0830. The molecule has 0 unspecified atom stereocenters. The first-order valence-electron chi connectivity index (χ1n) is 12.0. The van der Waals surface area contributed by atoms with Gasteiger partial charge < -0.3 is 15.4 Å². The molecule has 0 fully saturated rings. The molecule has 0 saturated carbocycles. The number of amides is 2. The molecule has 0 bridgehead atoms. The van der Waals surface area contributed by atoms with E-state index in [-0.39, 0.29) is 24.9 Å². The van der Waals surface area contributed by atoms with Crippen molar-refractivity contribution in [1.29, 1.82) is 0 Å². The van der Waals surface area contributed by atoms with Crippen molar-refractivity contribution in [3.63, 3.8) is 0 Å². The summed E-state index contributed by atoms with van der Waals surface area (Å²) in [4.78, 5) is 26.6. The molecule has 1 aromatic heterocycles. The Morgan fingerprint density at radius 1 is 1.03 bits per heavy atom. The molecule has 2 amide bonds. The van der Waals surface area contributed by atoms with E-state index in [0.29, 0.717) is 19.0 Å². The van der Waals surface area contributed by atoms with Crippen LogP contribution in [-0.4, -0.2) is 66.9 Å². The van der Waals surface area contributed by atoms with E-state index in [2.05, 4.69) is 28.8 Å². The summed E-state index contributed by atoms with van der Waals surface area (Å²) in [6.45, 7) is 1.37. The lowest BCUT2D eigenvalue weighted by Crippen LogP contribution is -2.39. The van der Waals surface area contributed by atoms with E-state index in [0.717, 1.165) is 36.2 Å². The van der Waals surface area contributed by atoms with Crippen molar-refractivity contribution < 1.29 is 14.3 Å². The topological polar surface area (TPSA) is 88.5 Å². The van der Waals surface area contributed by atoms with Crippen molar-refractivity contribution in [3.8, 4) is 16.9 Å². The van der Waals surface area contributed by atoms with Crippen molar-refractivity contribution in [2.24, 2.45) is 0 Å². The molecule has 2 N–H and O–H groups in total. The molecule has 2 aromatic carbocycles. The van der Waals surface area contributed by atoms with Gasteiger partial charge in [0.2, 0.25) is 11.8 Å². The number of aromatic nitrogens is 2. The summed E-state index contributed by atoms with van der Waals surface area (Å²) < 4.78 is 6.74. The van der Waals surface area contributed by atoms with Crippen LogP contribution in [0.25, 0.3) is 16.9 Å². The molecule has 8 nitrogen and oxygen atoms in total. The molecule has 4 rings (SSSR count). The number of likely N-dealkylation sites (N-methyl/N-ethyl adjacent to an activating group) is 1. The number of methoxy groups -OCH3 is 1. The Morgan fingerprint density at radius 3 is 2.60 bits per heavy atom. The molecule has 35 heavy (non-hydrogen) atoms. The Kier molecular flexibility index (Phi) is 8.28. The zero-order valence-corrected chi connectivity index (χ0v) is 20.4. The highest BCUT2D eigenvalue weighted by molar-refractivity contribution is 5.92. The number of nitrogens with one attached hydrogen (secondary N) is 2. The molecule has 0 aliphatic heterocycles. The van der Waals surface area contributed by atoms with Crippen LogP contribution in [0.3, 0.4) is 0 Å². The number of ether oxygens (including phenoxy) is 1. The molecule has 1 aliphatic carbocycles. The number of carbonyl (C=O) groups excluding carboxylic acids is 2. The molecule has 0 saturated heterocycles. The molecule has 0 atom stereocenters. The van der Waals surface area contributed by atoms with Gasteiger partial charge in [-0.3, -0.25) is 14.5 Å². The summed E-state index contributed by atoms with van der Waals surface area (Å²) in [7, 11) is 3.38. The first kappa shape index (κ1) is 24.6. The maximum Gasteiger partial charge on any atom is 0.239 e. The summed E-state index contributed by atoms with van der Waals surface area (Å²) >= 11 is 0. The second kappa shape index (κ2) is 11.8. The Balaban J connectivity index is 1.45. The fourth-order valence-electron chi connectivity index (χ4n) is 4.34. The minimum atomic E-state index is -0.211. The smallest absolute Gasteiger partial charge is 0.239 e. The number of hydrogen-bond donors (Lipinski definition) is 2. The highest BCUT2D eigenvalue weighted by Crippen LogP contribution is 2.30. The Labute approximate surface area is 206 Å². The summed E-state index contributed by atoms with van der Waals surface area (Å²) in [6.07, 6.45) is 4.17. The van der Waals surface area contributed by atoms with E-state index in [1.165, 1.54) is 17.5 Å². The van der Waals surface area contributed by atoms with Crippen LogP contribution in [0.2, 0.25) is 0 Å². The molecule has 184 valence electrons. The molecule has 0 spiro atoms. The second-order valence-corrected chi connectivity index (χ2v) is 8.92. The molecule has 0 radical (unpaired) electrons. The zero-order valence-electron chi connectivity index (χ0n) is 20.4. The molecular formula is C27H33N5O3. The van der Waals surface area contributed by atoms with Gasteiger partial charge in [0.15, 0.2) is 0 Å². The van der Waals surface area contributed by atoms with Gasteiger partial charge >= 0.3 is 0 Å². The van der Waals surface area contributed by atoms with Crippen molar-refractivity contribution >= 4 is 17.6 Å². The van der Waals surface area contributed by atoms with Crippen molar-refractivity contribution in [1.82, 2.24) is 20.0 Å². The fraction of sp³-hybridized carbons (Fsp3) is 0.370. The van der Waals surface area contributed by atoms with Crippen molar-refractivity contribution in [2.45, 2.75) is 25.7 Å². The Bertz CT molecular complexity index is 1160. The van der Waals surface area contributed by atoms with E-state index in [4.69, 9.17) is 9.84 Å². The summed E-state index contributed by atoms with van der Waals surface area (Å²) in [6, 6.07) is 18.1. The average Bonchev–Trinajstić information content (AvgIpc) is 3.49. The lowest BCUT2D eigenvalue weighted by atomic mass is 10.0. The number of para-hydroxylation sites is 1. The lowest BCUT2D eigenvalue weighted by molar-refractivity contribution is -0.123. The average molecular weight is 476 g/mol. The number of rotatable bonds is 11. The van der Waals surface area contributed by atoms with E-state index in [1.807, 2.05) is 36.4 Å². The SMILES string of the molecule is COCCCNC(=O)CN(C)CC(=O)Nc1cc(-c2ccc3c(c2)CCC3)nn1-c1ccccc1. The Hall–Kier alpha value is -3.49. The summed E-state index contributed by atoms with van der Waals surface area (Å²) in [5, 5.41) is 10.6. The first-order valence-corrected chi connectivity index (χ1v) is 12.0. The third-order valence-electron chi connectivity index (χ3n) is 6.05. The van der Waals surface area contributed by atoms with Crippen LogP contribution < -0.4 is 10.6 Å². The van der Waals surface area contributed by atoms with E-state index in [9.17, 15) is 9.59 Å². The molecule has 8 heteroatoms. The second-order valence-electron chi connectivity index (χ2n) is 8.92. The van der Waals surface area contributed by atoms with Crippen LogP contribution in [0.15, 0.2) is 54.6 Å². The van der Waals surface area contributed by atoms with Gasteiger partial charge in [-0.15, -0.1) is 0 Å². The highest BCUT2D eigenvalue weighted by Gasteiger charge is 2.18. The van der Waals surface area contributed by atoms with Crippen LogP contribution in [0.4, 0.5) is 5.82 Å². The predicted octanol–water partition coefficient (Wildman–Crippen LogP) is 3.05. The normalized spacial score (nSPS) is 12.5. The Morgan fingerprint density at radius 2 is 1.80 bits per heavy atom. The summed E-state index contributed by atoms with van der Waals surface area (Å²) in [5.74, 6) is 0.260. The standard InChI is InChI=1S/C27H33N5O3/c1-31(18-26(33)28-14-7-15-35-2)19-27(34)29-25-17-24(30-32(25)23-10-4-3-5-11-23)22-13-12-20-8-6-9-21(20)16-22/h3-5,10-13,16-17H,6-9,14-15,18-19H2,1-2H3,(H,28,33)(H,29,34). The van der Waals surface area contributed by atoms with Gasteiger partial charge in [-0.05, 0) is 62.1 Å². The van der Waals surface area contributed by atoms with Gasteiger partial charge in [0, 0.05) is 31.9 Å². The van der Waals surface area contributed by atoms with Crippen molar-refractivity contribution in [3.05, 3.63) is 65.7 Å². The van der Waals surface area contributed by atoms with Gasteiger partial charge in [0.05, 0.1) is 24.5 Å². The third-order valence-corrected chi connectivity index (χ3v) is 6.05. The maximum atomic E-state index is 12.8. The first-order chi connectivity index (χ1) is 17.0. The molecule has 1 heterocycles. The third kappa shape index (κ3) is 6.55. The van der Waals surface area contributed by atoms with Crippen LogP contribution in [-0.2, 0) is 27.2 Å². The molecule has 1 aliphatic rings. The largest absolute Gasteiger partial charge is 0.385 e. The van der Waals surface area contributed by atoms with E-state index >= 15 is 0 Å².